The summed E-state index contributed by atoms with van der Waals surface area (Å²) in [6.45, 7) is 3.25. The fourth-order valence-corrected chi connectivity index (χ4v) is 4.70. The SMILES string of the molecule is CC1CC(CC(=O)N2c3ccccc3NC(=O)c3cscc32)CCN1C. The van der Waals surface area contributed by atoms with E-state index >= 15 is 0 Å². The van der Waals surface area contributed by atoms with E-state index in [0.717, 1.165) is 25.1 Å². The predicted molar refractivity (Wildman–Crippen MR) is 105 cm³/mol. The van der Waals surface area contributed by atoms with Crippen LogP contribution in [0.25, 0.3) is 0 Å². The molecule has 5 nitrogen and oxygen atoms in total. The van der Waals surface area contributed by atoms with E-state index in [1.165, 1.54) is 11.3 Å². The van der Waals surface area contributed by atoms with Crippen molar-refractivity contribution in [2.24, 2.45) is 5.92 Å². The molecule has 4 rings (SSSR count). The topological polar surface area (TPSA) is 52.7 Å². The van der Waals surface area contributed by atoms with E-state index in [0.29, 0.717) is 35.3 Å². The van der Waals surface area contributed by atoms with Gasteiger partial charge in [0.25, 0.3) is 5.91 Å². The predicted octanol–water partition coefficient (Wildman–Crippen LogP) is 4.10. The maximum atomic E-state index is 13.3. The summed E-state index contributed by atoms with van der Waals surface area (Å²) in [7, 11) is 2.14. The Labute approximate surface area is 157 Å². The van der Waals surface area contributed by atoms with Gasteiger partial charge in [-0.2, -0.15) is 0 Å². The number of piperidine rings is 1. The van der Waals surface area contributed by atoms with Gasteiger partial charge in [-0.1, -0.05) is 12.1 Å². The second-order valence-electron chi connectivity index (χ2n) is 7.30. The number of amides is 2. The smallest absolute Gasteiger partial charge is 0.258 e. The fourth-order valence-electron chi connectivity index (χ4n) is 3.91. The zero-order valence-electron chi connectivity index (χ0n) is 15.1. The highest BCUT2D eigenvalue weighted by Crippen LogP contribution is 2.40. The van der Waals surface area contributed by atoms with Crippen LogP contribution in [0.15, 0.2) is 35.0 Å². The minimum absolute atomic E-state index is 0.0651. The van der Waals surface area contributed by atoms with Gasteiger partial charge in [0.05, 0.1) is 22.6 Å². The molecule has 1 N–H and O–H groups in total. The number of nitrogens with one attached hydrogen (secondary N) is 1. The second kappa shape index (κ2) is 6.85. The number of fused-ring (bicyclic) bond motifs is 2. The minimum atomic E-state index is -0.156. The molecule has 136 valence electrons. The molecule has 2 aromatic rings. The van der Waals surface area contributed by atoms with Crippen molar-refractivity contribution in [3.63, 3.8) is 0 Å². The summed E-state index contributed by atoms with van der Waals surface area (Å²) < 4.78 is 0. The van der Waals surface area contributed by atoms with Crippen molar-refractivity contribution in [2.75, 3.05) is 23.8 Å². The van der Waals surface area contributed by atoms with Crippen molar-refractivity contribution in [2.45, 2.75) is 32.2 Å². The molecule has 0 saturated carbocycles. The maximum absolute atomic E-state index is 13.3. The Balaban J connectivity index is 1.66. The van der Waals surface area contributed by atoms with Gasteiger partial charge in [0.1, 0.15) is 0 Å². The first-order chi connectivity index (χ1) is 12.5. The van der Waals surface area contributed by atoms with Crippen LogP contribution >= 0.6 is 11.3 Å². The van der Waals surface area contributed by atoms with Crippen LogP contribution < -0.4 is 10.2 Å². The lowest BCUT2D eigenvalue weighted by atomic mass is 9.89. The number of thiophene rings is 1. The largest absolute Gasteiger partial charge is 0.320 e. The lowest BCUT2D eigenvalue weighted by Gasteiger charge is -2.35. The molecule has 1 fully saturated rings. The summed E-state index contributed by atoms with van der Waals surface area (Å²) in [5.74, 6) is 0.294. The highest BCUT2D eigenvalue weighted by Gasteiger charge is 2.32. The number of hydrogen-bond donors (Lipinski definition) is 1. The first-order valence-corrected chi connectivity index (χ1v) is 9.98. The molecule has 0 spiro atoms. The zero-order valence-corrected chi connectivity index (χ0v) is 15.9. The van der Waals surface area contributed by atoms with Gasteiger partial charge in [-0.05, 0) is 51.4 Å². The molecule has 0 aliphatic carbocycles. The number of nitrogens with zero attached hydrogens (tertiary/aromatic N) is 2. The Morgan fingerprint density at radius 2 is 2.08 bits per heavy atom. The van der Waals surface area contributed by atoms with Gasteiger partial charge in [-0.3, -0.25) is 14.5 Å². The Morgan fingerprint density at radius 3 is 2.88 bits per heavy atom. The first kappa shape index (κ1) is 17.2. The third kappa shape index (κ3) is 3.04. The van der Waals surface area contributed by atoms with Crippen LogP contribution in [0.1, 0.15) is 36.5 Å². The number of rotatable bonds is 2. The van der Waals surface area contributed by atoms with Gasteiger partial charge in [-0.25, -0.2) is 0 Å². The van der Waals surface area contributed by atoms with Gasteiger partial charge in [0, 0.05) is 23.2 Å². The normalized spacial score (nSPS) is 23.0. The van der Waals surface area contributed by atoms with E-state index < -0.39 is 0 Å². The number of benzene rings is 1. The van der Waals surface area contributed by atoms with Crippen LogP contribution in [0.5, 0.6) is 0 Å². The van der Waals surface area contributed by atoms with Crippen molar-refractivity contribution in [1.82, 2.24) is 4.90 Å². The summed E-state index contributed by atoms with van der Waals surface area (Å²) in [6.07, 6.45) is 2.58. The Bertz CT molecular complexity index is 847. The molecule has 6 heteroatoms. The highest BCUT2D eigenvalue weighted by atomic mass is 32.1. The van der Waals surface area contributed by atoms with Gasteiger partial charge >= 0.3 is 0 Å². The number of hydrogen-bond acceptors (Lipinski definition) is 4. The van der Waals surface area contributed by atoms with Crippen LogP contribution in [0.2, 0.25) is 0 Å². The quantitative estimate of drug-likeness (QED) is 0.867. The number of para-hydroxylation sites is 2. The summed E-state index contributed by atoms with van der Waals surface area (Å²) >= 11 is 1.45. The third-order valence-corrected chi connectivity index (χ3v) is 6.28. The van der Waals surface area contributed by atoms with Crippen molar-refractivity contribution >= 4 is 40.2 Å². The van der Waals surface area contributed by atoms with Crippen LogP contribution in [-0.2, 0) is 4.79 Å². The van der Waals surface area contributed by atoms with Crippen molar-refractivity contribution in [3.8, 4) is 0 Å². The van der Waals surface area contributed by atoms with E-state index in [1.54, 1.807) is 4.90 Å². The van der Waals surface area contributed by atoms with Crippen molar-refractivity contribution < 1.29 is 9.59 Å². The summed E-state index contributed by atoms with van der Waals surface area (Å²) in [6, 6.07) is 8.02. The number of anilines is 3. The standard InChI is InChI=1S/C20H23N3O2S/c1-13-9-14(7-8-22(13)2)10-19(24)23-17-6-4-3-5-16(17)21-20(25)15-11-26-12-18(15)23/h3-6,11-14H,7-10H2,1-2H3,(H,21,25). The molecule has 1 saturated heterocycles. The highest BCUT2D eigenvalue weighted by molar-refractivity contribution is 7.08. The van der Waals surface area contributed by atoms with Gasteiger partial charge in [0.2, 0.25) is 5.91 Å². The molecule has 26 heavy (non-hydrogen) atoms. The molecule has 3 heterocycles. The monoisotopic (exact) mass is 369 g/mol. The summed E-state index contributed by atoms with van der Waals surface area (Å²) in [5, 5.41) is 6.64. The van der Waals surface area contributed by atoms with E-state index in [4.69, 9.17) is 0 Å². The molecular formula is C20H23N3O2S. The number of likely N-dealkylation sites (tertiary alicyclic amines) is 1. The van der Waals surface area contributed by atoms with Gasteiger partial charge < -0.3 is 10.2 Å². The molecule has 0 radical (unpaired) electrons. The number of carbonyl (C=O) groups is 2. The molecule has 2 amide bonds. The summed E-state index contributed by atoms with van der Waals surface area (Å²) in [5.41, 5.74) is 2.70. The maximum Gasteiger partial charge on any atom is 0.258 e. The lowest BCUT2D eigenvalue weighted by Crippen LogP contribution is -2.39. The Kier molecular flexibility index (Phi) is 4.54. The second-order valence-corrected chi connectivity index (χ2v) is 8.04. The molecule has 0 bridgehead atoms. The summed E-state index contributed by atoms with van der Waals surface area (Å²) in [4.78, 5) is 29.9. The average molecular weight is 369 g/mol. The van der Waals surface area contributed by atoms with Gasteiger partial charge in [-0.15, -0.1) is 11.3 Å². The molecule has 2 aliphatic rings. The Hall–Kier alpha value is -2.18. The molecule has 2 aliphatic heterocycles. The van der Waals surface area contributed by atoms with Crippen LogP contribution in [0.4, 0.5) is 17.1 Å². The first-order valence-electron chi connectivity index (χ1n) is 9.04. The molecule has 2 unspecified atom stereocenters. The molecule has 2 atom stereocenters. The van der Waals surface area contributed by atoms with E-state index in [1.807, 2.05) is 35.0 Å². The van der Waals surface area contributed by atoms with Crippen LogP contribution in [0.3, 0.4) is 0 Å². The zero-order chi connectivity index (χ0) is 18.3. The minimum Gasteiger partial charge on any atom is -0.320 e. The van der Waals surface area contributed by atoms with E-state index in [-0.39, 0.29) is 11.8 Å². The van der Waals surface area contributed by atoms with E-state index in [2.05, 4.69) is 24.2 Å². The van der Waals surface area contributed by atoms with Crippen molar-refractivity contribution in [1.29, 1.82) is 0 Å². The lowest BCUT2D eigenvalue weighted by molar-refractivity contribution is -0.119. The van der Waals surface area contributed by atoms with Crippen molar-refractivity contribution in [3.05, 3.63) is 40.6 Å². The molecule has 1 aromatic carbocycles. The number of carbonyl (C=O) groups excluding carboxylic acids is 2. The van der Waals surface area contributed by atoms with E-state index in [9.17, 15) is 9.59 Å². The molecular weight excluding hydrogens is 346 g/mol. The van der Waals surface area contributed by atoms with Crippen LogP contribution in [-0.4, -0.2) is 36.3 Å². The molecule has 1 aromatic heterocycles. The average Bonchev–Trinajstić information content (AvgIpc) is 3.05. The Morgan fingerprint density at radius 1 is 1.27 bits per heavy atom. The van der Waals surface area contributed by atoms with Gasteiger partial charge in [0.15, 0.2) is 0 Å². The third-order valence-electron chi connectivity index (χ3n) is 5.55. The van der Waals surface area contributed by atoms with Crippen LogP contribution in [0, 0.1) is 5.92 Å². The fraction of sp³-hybridized carbons (Fsp3) is 0.400.